The summed E-state index contributed by atoms with van der Waals surface area (Å²) in [5, 5.41) is 3.58. The van der Waals surface area contributed by atoms with Crippen molar-refractivity contribution in [2.24, 2.45) is 0 Å². The largest absolute Gasteiger partial charge is 0.314 e. The molecule has 0 aliphatic carbocycles. The first-order valence-electron chi connectivity index (χ1n) is 7.59. The van der Waals surface area contributed by atoms with Crippen molar-refractivity contribution >= 4 is 15.9 Å². The summed E-state index contributed by atoms with van der Waals surface area (Å²) in [6.07, 6.45) is 1.07. The molecular weight excluding hydrogens is 322 g/mol. The number of halogens is 1. The van der Waals surface area contributed by atoms with E-state index in [4.69, 9.17) is 0 Å². The standard InChI is InChI=1S/C19H24BrN/c1-14(2)21-13-18(17-7-9-19(20)10-8-17)12-16-6-4-5-15(3)11-16/h4-11,14,18,21H,12-13H2,1-3H3. The Bertz CT molecular complexity index is 560. The van der Waals surface area contributed by atoms with Crippen LogP contribution in [0.1, 0.15) is 36.5 Å². The molecule has 2 aromatic carbocycles. The average Bonchev–Trinajstić information content (AvgIpc) is 2.44. The Morgan fingerprint density at radius 2 is 1.76 bits per heavy atom. The second kappa shape index (κ2) is 7.77. The van der Waals surface area contributed by atoms with Crippen molar-refractivity contribution in [3.05, 3.63) is 69.7 Å². The van der Waals surface area contributed by atoms with Crippen LogP contribution in [0.2, 0.25) is 0 Å². The summed E-state index contributed by atoms with van der Waals surface area (Å²) in [5.74, 6) is 0.502. The van der Waals surface area contributed by atoms with Gasteiger partial charge in [-0.25, -0.2) is 0 Å². The Morgan fingerprint density at radius 1 is 1.05 bits per heavy atom. The fraction of sp³-hybridized carbons (Fsp3) is 0.368. The fourth-order valence-electron chi connectivity index (χ4n) is 2.54. The predicted molar refractivity (Wildman–Crippen MR) is 94.9 cm³/mol. The SMILES string of the molecule is Cc1cccc(CC(CNC(C)C)c2ccc(Br)cc2)c1. The summed E-state index contributed by atoms with van der Waals surface area (Å²) in [5.41, 5.74) is 4.14. The van der Waals surface area contributed by atoms with Gasteiger partial charge in [0.2, 0.25) is 0 Å². The molecule has 1 N–H and O–H groups in total. The lowest BCUT2D eigenvalue weighted by Gasteiger charge is -2.20. The molecule has 0 saturated carbocycles. The summed E-state index contributed by atoms with van der Waals surface area (Å²) >= 11 is 3.52. The molecule has 0 heterocycles. The van der Waals surface area contributed by atoms with Gasteiger partial charge in [-0.2, -0.15) is 0 Å². The van der Waals surface area contributed by atoms with E-state index in [2.05, 4.69) is 90.5 Å². The molecule has 2 heteroatoms. The van der Waals surface area contributed by atoms with Gasteiger partial charge in [-0.3, -0.25) is 0 Å². The van der Waals surface area contributed by atoms with E-state index in [0.717, 1.165) is 17.4 Å². The third-order valence-electron chi connectivity index (χ3n) is 3.68. The highest BCUT2D eigenvalue weighted by Crippen LogP contribution is 2.23. The molecule has 1 atom stereocenters. The maximum Gasteiger partial charge on any atom is 0.0175 e. The highest BCUT2D eigenvalue weighted by molar-refractivity contribution is 9.10. The predicted octanol–water partition coefficient (Wildman–Crippen LogP) is 5.08. The molecule has 0 fully saturated rings. The normalized spacial score (nSPS) is 12.6. The van der Waals surface area contributed by atoms with Crippen LogP contribution in [0, 0.1) is 6.92 Å². The fourth-order valence-corrected chi connectivity index (χ4v) is 2.81. The van der Waals surface area contributed by atoms with Crippen LogP contribution in [0.25, 0.3) is 0 Å². The Morgan fingerprint density at radius 3 is 2.38 bits per heavy atom. The number of benzene rings is 2. The molecule has 1 nitrogen and oxygen atoms in total. The molecule has 0 spiro atoms. The van der Waals surface area contributed by atoms with E-state index in [9.17, 15) is 0 Å². The van der Waals surface area contributed by atoms with Gasteiger partial charge in [0.15, 0.2) is 0 Å². The lowest BCUT2D eigenvalue weighted by atomic mass is 9.91. The quantitative estimate of drug-likeness (QED) is 0.769. The zero-order chi connectivity index (χ0) is 15.2. The van der Waals surface area contributed by atoms with Crippen LogP contribution >= 0.6 is 15.9 Å². The smallest absolute Gasteiger partial charge is 0.0175 e. The number of nitrogens with one attached hydrogen (secondary N) is 1. The van der Waals surface area contributed by atoms with Gasteiger partial charge >= 0.3 is 0 Å². The van der Waals surface area contributed by atoms with E-state index in [-0.39, 0.29) is 0 Å². The topological polar surface area (TPSA) is 12.0 Å². The highest BCUT2D eigenvalue weighted by Gasteiger charge is 2.13. The van der Waals surface area contributed by atoms with Crippen molar-refractivity contribution in [1.82, 2.24) is 5.32 Å². The van der Waals surface area contributed by atoms with Crippen LogP contribution in [0.3, 0.4) is 0 Å². The molecule has 0 bridgehead atoms. The van der Waals surface area contributed by atoms with E-state index in [1.54, 1.807) is 0 Å². The Labute approximate surface area is 136 Å². The van der Waals surface area contributed by atoms with Crippen LogP contribution in [-0.4, -0.2) is 12.6 Å². The Hall–Kier alpha value is -1.12. The van der Waals surface area contributed by atoms with E-state index in [1.807, 2.05) is 0 Å². The van der Waals surface area contributed by atoms with Gasteiger partial charge < -0.3 is 5.32 Å². The van der Waals surface area contributed by atoms with Crippen LogP contribution in [0.5, 0.6) is 0 Å². The molecule has 1 unspecified atom stereocenters. The van der Waals surface area contributed by atoms with Crippen molar-refractivity contribution < 1.29 is 0 Å². The van der Waals surface area contributed by atoms with E-state index in [1.165, 1.54) is 16.7 Å². The molecule has 0 aliphatic rings. The van der Waals surface area contributed by atoms with Crippen LogP contribution in [-0.2, 0) is 6.42 Å². The lowest BCUT2D eigenvalue weighted by molar-refractivity contribution is 0.526. The lowest BCUT2D eigenvalue weighted by Crippen LogP contribution is -2.29. The third-order valence-corrected chi connectivity index (χ3v) is 4.21. The van der Waals surface area contributed by atoms with Gasteiger partial charge in [0.25, 0.3) is 0 Å². The summed E-state index contributed by atoms with van der Waals surface area (Å²) < 4.78 is 1.14. The first-order valence-corrected chi connectivity index (χ1v) is 8.38. The summed E-state index contributed by atoms with van der Waals surface area (Å²) in [4.78, 5) is 0. The maximum atomic E-state index is 3.58. The third kappa shape index (κ3) is 5.29. The van der Waals surface area contributed by atoms with Crippen molar-refractivity contribution in [2.75, 3.05) is 6.54 Å². The molecule has 0 aliphatic heterocycles. The summed E-state index contributed by atoms with van der Waals surface area (Å²) in [6.45, 7) is 7.56. The van der Waals surface area contributed by atoms with Gasteiger partial charge in [-0.15, -0.1) is 0 Å². The van der Waals surface area contributed by atoms with E-state index in [0.29, 0.717) is 12.0 Å². The zero-order valence-corrected chi connectivity index (χ0v) is 14.7. The van der Waals surface area contributed by atoms with Gasteiger partial charge in [0, 0.05) is 23.0 Å². The second-order valence-corrected chi connectivity index (χ2v) is 6.92. The molecule has 0 radical (unpaired) electrons. The van der Waals surface area contributed by atoms with Crippen molar-refractivity contribution in [1.29, 1.82) is 0 Å². The maximum absolute atomic E-state index is 3.58. The minimum Gasteiger partial charge on any atom is -0.314 e. The highest BCUT2D eigenvalue weighted by atomic mass is 79.9. The number of hydrogen-bond donors (Lipinski definition) is 1. The van der Waals surface area contributed by atoms with E-state index < -0.39 is 0 Å². The van der Waals surface area contributed by atoms with Crippen LogP contribution in [0.4, 0.5) is 0 Å². The molecule has 2 aromatic rings. The zero-order valence-electron chi connectivity index (χ0n) is 13.1. The first-order chi connectivity index (χ1) is 10.0. The van der Waals surface area contributed by atoms with Crippen molar-refractivity contribution in [3.63, 3.8) is 0 Å². The Balaban J connectivity index is 2.17. The summed E-state index contributed by atoms with van der Waals surface area (Å²) in [6, 6.07) is 18.1. The molecule has 0 aromatic heterocycles. The molecular formula is C19H24BrN. The number of hydrogen-bond acceptors (Lipinski definition) is 1. The van der Waals surface area contributed by atoms with Crippen LogP contribution in [0.15, 0.2) is 53.0 Å². The molecule has 21 heavy (non-hydrogen) atoms. The van der Waals surface area contributed by atoms with Gasteiger partial charge in [0.05, 0.1) is 0 Å². The van der Waals surface area contributed by atoms with Gasteiger partial charge in [0.1, 0.15) is 0 Å². The van der Waals surface area contributed by atoms with Gasteiger partial charge in [-0.1, -0.05) is 71.7 Å². The van der Waals surface area contributed by atoms with Crippen molar-refractivity contribution in [2.45, 2.75) is 39.2 Å². The molecule has 0 saturated heterocycles. The first kappa shape index (κ1) is 16.3. The molecule has 2 rings (SSSR count). The Kier molecular flexibility index (Phi) is 6.01. The minimum atomic E-state index is 0.502. The minimum absolute atomic E-state index is 0.502. The van der Waals surface area contributed by atoms with E-state index >= 15 is 0 Å². The monoisotopic (exact) mass is 345 g/mol. The molecule has 112 valence electrons. The second-order valence-electron chi connectivity index (χ2n) is 6.00. The number of rotatable bonds is 6. The van der Waals surface area contributed by atoms with Crippen molar-refractivity contribution in [3.8, 4) is 0 Å². The number of aryl methyl sites for hydroxylation is 1. The van der Waals surface area contributed by atoms with Crippen LogP contribution < -0.4 is 5.32 Å². The molecule has 0 amide bonds. The summed E-state index contributed by atoms with van der Waals surface area (Å²) in [7, 11) is 0. The average molecular weight is 346 g/mol. The van der Waals surface area contributed by atoms with Gasteiger partial charge in [-0.05, 0) is 36.6 Å².